The lowest BCUT2D eigenvalue weighted by molar-refractivity contribution is -0.120. The first-order valence-corrected chi connectivity index (χ1v) is 7.82. The fraction of sp³-hybridized carbons (Fsp3) is 0.111. The van der Waals surface area contributed by atoms with Crippen molar-refractivity contribution in [1.29, 1.82) is 0 Å². The monoisotopic (exact) mass is 341 g/mol. The molecule has 4 N–H and O–H groups in total. The fourth-order valence-electron chi connectivity index (χ4n) is 2.62. The molecule has 0 saturated heterocycles. The lowest BCUT2D eigenvalue weighted by Gasteiger charge is -2.16. The maximum absolute atomic E-state index is 12.2. The highest BCUT2D eigenvalue weighted by molar-refractivity contribution is 6.35. The Morgan fingerprint density at radius 2 is 1.92 bits per heavy atom. The van der Waals surface area contributed by atoms with Gasteiger partial charge in [-0.15, -0.1) is 0 Å². The van der Waals surface area contributed by atoms with E-state index in [2.05, 4.69) is 10.3 Å². The number of H-pyrrole nitrogens is 1. The van der Waals surface area contributed by atoms with Crippen LogP contribution in [-0.2, 0) is 11.3 Å². The lowest BCUT2D eigenvalue weighted by Crippen LogP contribution is -2.33. The molecular formula is C18H16ClN3O2. The normalized spacial score (nSPS) is 12.2. The quantitative estimate of drug-likeness (QED) is 0.666. The van der Waals surface area contributed by atoms with Gasteiger partial charge in [-0.3, -0.25) is 14.9 Å². The molecule has 0 aliphatic carbocycles. The largest absolute Gasteiger partial charge is 0.368 e. The minimum absolute atomic E-state index is 0.126. The number of pyridine rings is 1. The summed E-state index contributed by atoms with van der Waals surface area (Å²) >= 11 is 6.15. The molecule has 0 fully saturated rings. The van der Waals surface area contributed by atoms with E-state index in [1.807, 2.05) is 30.3 Å². The molecule has 1 aromatic heterocycles. The maximum Gasteiger partial charge on any atom is 0.239 e. The molecule has 1 amide bonds. The van der Waals surface area contributed by atoms with Crippen LogP contribution in [0.2, 0.25) is 5.02 Å². The third-order valence-corrected chi connectivity index (χ3v) is 4.10. The Hall–Kier alpha value is -2.63. The van der Waals surface area contributed by atoms with Gasteiger partial charge >= 0.3 is 0 Å². The number of carbonyl (C=O) groups is 1. The zero-order valence-corrected chi connectivity index (χ0v) is 13.5. The Morgan fingerprint density at radius 1 is 1.17 bits per heavy atom. The highest BCUT2D eigenvalue weighted by atomic mass is 35.5. The van der Waals surface area contributed by atoms with Gasteiger partial charge in [-0.2, -0.15) is 0 Å². The number of fused-ring (bicyclic) bond motifs is 1. The number of rotatable bonds is 5. The highest BCUT2D eigenvalue weighted by Gasteiger charge is 2.17. The first-order chi connectivity index (χ1) is 11.6. The van der Waals surface area contributed by atoms with Crippen LogP contribution in [0.5, 0.6) is 0 Å². The number of hydrogen-bond acceptors (Lipinski definition) is 3. The molecule has 24 heavy (non-hydrogen) atoms. The van der Waals surface area contributed by atoms with Crippen LogP contribution in [0.1, 0.15) is 17.3 Å². The molecule has 122 valence electrons. The minimum atomic E-state index is -0.642. The van der Waals surface area contributed by atoms with Crippen LogP contribution in [0.15, 0.2) is 59.4 Å². The van der Waals surface area contributed by atoms with Gasteiger partial charge in [0.1, 0.15) is 6.04 Å². The number of halogens is 1. The van der Waals surface area contributed by atoms with E-state index in [0.29, 0.717) is 21.6 Å². The molecule has 3 rings (SSSR count). The molecule has 2 aromatic carbocycles. The summed E-state index contributed by atoms with van der Waals surface area (Å²) in [6.07, 6.45) is 0. The van der Waals surface area contributed by atoms with E-state index in [1.165, 1.54) is 6.07 Å². The molecule has 6 heteroatoms. The van der Waals surface area contributed by atoms with E-state index >= 15 is 0 Å². The van der Waals surface area contributed by atoms with Gasteiger partial charge in [-0.25, -0.2) is 0 Å². The fourth-order valence-corrected chi connectivity index (χ4v) is 2.85. The van der Waals surface area contributed by atoms with E-state index in [0.717, 1.165) is 5.56 Å². The SMILES string of the molecule is NC(=O)[C@@H](NCc1cc(=O)c2cccc(Cl)c2[nH]1)c1ccccc1. The van der Waals surface area contributed by atoms with Gasteiger partial charge in [-0.1, -0.05) is 48.0 Å². The number of nitrogens with one attached hydrogen (secondary N) is 2. The average Bonchev–Trinajstić information content (AvgIpc) is 2.57. The van der Waals surface area contributed by atoms with Crippen molar-refractivity contribution in [2.45, 2.75) is 12.6 Å². The molecule has 0 aliphatic heterocycles. The Bertz CT molecular complexity index is 938. The summed E-state index contributed by atoms with van der Waals surface area (Å²) in [5.41, 5.74) is 7.34. The van der Waals surface area contributed by atoms with Crippen molar-refractivity contribution in [2.75, 3.05) is 0 Å². The highest BCUT2D eigenvalue weighted by Crippen LogP contribution is 2.19. The van der Waals surface area contributed by atoms with Gasteiger partial charge in [-0.05, 0) is 17.7 Å². The number of nitrogens with two attached hydrogens (primary N) is 1. The summed E-state index contributed by atoms with van der Waals surface area (Å²) in [5, 5.41) is 4.08. The van der Waals surface area contributed by atoms with E-state index in [-0.39, 0.29) is 12.0 Å². The van der Waals surface area contributed by atoms with Crippen LogP contribution in [0.4, 0.5) is 0 Å². The number of para-hydroxylation sites is 1. The molecule has 5 nitrogen and oxygen atoms in total. The first kappa shape index (κ1) is 16.2. The Balaban J connectivity index is 1.88. The van der Waals surface area contributed by atoms with Crippen molar-refractivity contribution in [3.05, 3.63) is 81.1 Å². The lowest BCUT2D eigenvalue weighted by atomic mass is 10.1. The van der Waals surface area contributed by atoms with Crippen molar-refractivity contribution >= 4 is 28.4 Å². The van der Waals surface area contributed by atoms with E-state index in [4.69, 9.17) is 17.3 Å². The second-order valence-corrected chi connectivity index (χ2v) is 5.86. The van der Waals surface area contributed by atoms with Crippen LogP contribution >= 0.6 is 11.6 Å². The van der Waals surface area contributed by atoms with Crippen LogP contribution in [0.3, 0.4) is 0 Å². The average molecular weight is 342 g/mol. The second-order valence-electron chi connectivity index (χ2n) is 5.45. The van der Waals surface area contributed by atoms with Crippen molar-refractivity contribution < 1.29 is 4.79 Å². The number of carbonyl (C=O) groups excluding carboxylic acids is 1. The third-order valence-electron chi connectivity index (χ3n) is 3.78. The predicted octanol–water partition coefficient (Wildman–Crippen LogP) is 2.50. The third kappa shape index (κ3) is 3.32. The van der Waals surface area contributed by atoms with Crippen molar-refractivity contribution in [1.82, 2.24) is 10.3 Å². The summed E-state index contributed by atoms with van der Waals surface area (Å²) in [6, 6.07) is 15.2. The van der Waals surface area contributed by atoms with Gasteiger partial charge in [0.05, 0.1) is 10.5 Å². The molecule has 3 aromatic rings. The number of aromatic nitrogens is 1. The molecule has 0 saturated carbocycles. The van der Waals surface area contributed by atoms with Crippen molar-refractivity contribution in [3.8, 4) is 0 Å². The molecule has 0 unspecified atom stereocenters. The predicted molar refractivity (Wildman–Crippen MR) is 94.8 cm³/mol. The van der Waals surface area contributed by atoms with Gasteiger partial charge < -0.3 is 10.7 Å². The van der Waals surface area contributed by atoms with Gasteiger partial charge in [0.15, 0.2) is 5.43 Å². The van der Waals surface area contributed by atoms with Crippen LogP contribution in [0, 0.1) is 0 Å². The minimum Gasteiger partial charge on any atom is -0.368 e. The molecular weight excluding hydrogens is 326 g/mol. The maximum atomic E-state index is 12.2. The Kier molecular flexibility index (Phi) is 4.64. The van der Waals surface area contributed by atoms with Crippen molar-refractivity contribution in [3.63, 3.8) is 0 Å². The number of amides is 1. The molecule has 0 spiro atoms. The number of hydrogen-bond donors (Lipinski definition) is 3. The van der Waals surface area contributed by atoms with Crippen molar-refractivity contribution in [2.24, 2.45) is 5.73 Å². The summed E-state index contributed by atoms with van der Waals surface area (Å²) in [4.78, 5) is 27.1. The number of primary amides is 1. The molecule has 0 radical (unpaired) electrons. The van der Waals surface area contributed by atoms with Gasteiger partial charge in [0.2, 0.25) is 5.91 Å². The van der Waals surface area contributed by atoms with E-state index in [9.17, 15) is 9.59 Å². The smallest absolute Gasteiger partial charge is 0.239 e. The zero-order valence-electron chi connectivity index (χ0n) is 12.8. The topological polar surface area (TPSA) is 88.0 Å². The van der Waals surface area contributed by atoms with Crippen LogP contribution in [-0.4, -0.2) is 10.9 Å². The van der Waals surface area contributed by atoms with Gasteiger partial charge in [0, 0.05) is 23.7 Å². The summed E-state index contributed by atoms with van der Waals surface area (Å²) < 4.78 is 0. The number of aromatic amines is 1. The Labute approximate surface area is 143 Å². The Morgan fingerprint density at radius 3 is 2.62 bits per heavy atom. The van der Waals surface area contributed by atoms with E-state index in [1.54, 1.807) is 18.2 Å². The summed E-state index contributed by atoms with van der Waals surface area (Å²) in [7, 11) is 0. The summed E-state index contributed by atoms with van der Waals surface area (Å²) in [6.45, 7) is 0.277. The van der Waals surface area contributed by atoms with Crippen LogP contribution < -0.4 is 16.5 Å². The second kappa shape index (κ2) is 6.86. The molecule has 0 aliphatic rings. The number of benzene rings is 2. The zero-order chi connectivity index (χ0) is 17.1. The van der Waals surface area contributed by atoms with Gasteiger partial charge in [0.25, 0.3) is 0 Å². The molecule has 0 bridgehead atoms. The summed E-state index contributed by atoms with van der Waals surface area (Å²) in [5.74, 6) is -0.484. The molecule has 1 atom stereocenters. The molecule has 1 heterocycles. The standard InChI is InChI=1S/C18H16ClN3O2/c19-14-8-4-7-13-15(23)9-12(22-17(13)14)10-21-16(18(20)24)11-5-2-1-3-6-11/h1-9,16,21H,10H2,(H2,20,24)(H,22,23)/t16-/m0/s1. The van der Waals surface area contributed by atoms with E-state index < -0.39 is 11.9 Å². The first-order valence-electron chi connectivity index (χ1n) is 7.44. The van der Waals surface area contributed by atoms with Crippen LogP contribution in [0.25, 0.3) is 10.9 Å².